The van der Waals surface area contributed by atoms with Crippen LogP contribution in [-0.2, 0) is 10.5 Å². The summed E-state index contributed by atoms with van der Waals surface area (Å²) in [6.07, 6.45) is 0.930. The van der Waals surface area contributed by atoms with E-state index >= 15 is 0 Å². The molecule has 2 aromatic heterocycles. The molecule has 0 bridgehead atoms. The first-order valence-electron chi connectivity index (χ1n) is 6.86. The Kier molecular flexibility index (Phi) is 5.84. The van der Waals surface area contributed by atoms with Crippen LogP contribution in [0.1, 0.15) is 32.9 Å². The fraction of sp³-hybridized carbons (Fsp3) is 0.467. The average Bonchev–Trinajstić information content (AvgIpc) is 3.08. The van der Waals surface area contributed by atoms with E-state index in [-0.39, 0.29) is 11.4 Å². The summed E-state index contributed by atoms with van der Waals surface area (Å²) in [5.74, 6) is 1.36. The third kappa shape index (κ3) is 5.13. The Labute approximate surface area is 138 Å². The molecule has 3 nitrogen and oxygen atoms in total. The number of thiazole rings is 1. The largest absolute Gasteiger partial charge is 0.351 e. The molecule has 21 heavy (non-hydrogen) atoms. The van der Waals surface area contributed by atoms with Crippen LogP contribution in [0.15, 0.2) is 22.2 Å². The van der Waals surface area contributed by atoms with Crippen LogP contribution >= 0.6 is 34.4 Å². The fourth-order valence-corrected chi connectivity index (χ4v) is 4.00. The van der Waals surface area contributed by atoms with Gasteiger partial charge in [-0.25, -0.2) is 4.98 Å². The summed E-state index contributed by atoms with van der Waals surface area (Å²) in [6, 6.07) is 2.08. The number of nitrogens with one attached hydrogen (secondary N) is 1. The third-order valence-corrected chi connectivity index (χ3v) is 5.75. The molecule has 0 aromatic carbocycles. The number of amides is 1. The molecule has 0 saturated carbocycles. The molecular weight excluding hydrogens is 320 g/mol. The molecule has 0 atom stereocenters. The lowest BCUT2D eigenvalue weighted by molar-refractivity contribution is -0.120. The molecule has 2 heterocycles. The van der Waals surface area contributed by atoms with Crippen LogP contribution in [0.3, 0.4) is 0 Å². The number of aromatic nitrogens is 1. The summed E-state index contributed by atoms with van der Waals surface area (Å²) in [5.41, 5.74) is 2.11. The van der Waals surface area contributed by atoms with E-state index in [0.717, 1.165) is 22.9 Å². The molecule has 1 amide bonds. The Bertz CT molecular complexity index is 576. The predicted molar refractivity (Wildman–Crippen MR) is 94.1 cm³/mol. The standard InChI is InChI=1S/C15H20N2OS3/c1-4-15(2,3)17-13(18)10-20-8-12-9-21-14(16-12)11-5-6-19-7-11/h5-7,9H,4,8,10H2,1-3H3,(H,17,18). The van der Waals surface area contributed by atoms with Gasteiger partial charge in [0.2, 0.25) is 5.91 Å². The highest BCUT2D eigenvalue weighted by Gasteiger charge is 2.17. The predicted octanol–water partition coefficient (Wildman–Crippen LogP) is 4.41. The molecule has 2 rings (SSSR count). The van der Waals surface area contributed by atoms with E-state index in [2.05, 4.69) is 39.4 Å². The molecule has 6 heteroatoms. The van der Waals surface area contributed by atoms with Crippen molar-refractivity contribution in [3.05, 3.63) is 27.9 Å². The number of rotatable bonds is 7. The van der Waals surface area contributed by atoms with Gasteiger partial charge in [-0.3, -0.25) is 4.79 Å². The number of carbonyl (C=O) groups is 1. The van der Waals surface area contributed by atoms with Crippen molar-refractivity contribution >= 4 is 40.3 Å². The van der Waals surface area contributed by atoms with E-state index in [1.807, 2.05) is 13.8 Å². The second-order valence-electron chi connectivity index (χ2n) is 5.43. The second kappa shape index (κ2) is 7.42. The third-order valence-electron chi connectivity index (χ3n) is 3.16. The maximum Gasteiger partial charge on any atom is 0.230 e. The summed E-state index contributed by atoms with van der Waals surface area (Å²) < 4.78 is 0. The van der Waals surface area contributed by atoms with E-state index in [4.69, 9.17) is 0 Å². The van der Waals surface area contributed by atoms with E-state index < -0.39 is 0 Å². The number of thioether (sulfide) groups is 1. The number of carbonyl (C=O) groups excluding carboxylic acids is 1. The van der Waals surface area contributed by atoms with Gasteiger partial charge in [0.25, 0.3) is 0 Å². The molecule has 0 saturated heterocycles. The Morgan fingerprint density at radius 1 is 1.43 bits per heavy atom. The molecule has 0 aliphatic carbocycles. The minimum Gasteiger partial charge on any atom is -0.351 e. The molecule has 0 unspecified atom stereocenters. The summed E-state index contributed by atoms with van der Waals surface area (Å²) in [4.78, 5) is 16.5. The van der Waals surface area contributed by atoms with E-state index in [1.165, 1.54) is 5.56 Å². The highest BCUT2D eigenvalue weighted by Crippen LogP contribution is 2.27. The first kappa shape index (κ1) is 16.5. The Morgan fingerprint density at radius 2 is 2.24 bits per heavy atom. The van der Waals surface area contributed by atoms with Crippen LogP contribution in [0.25, 0.3) is 10.6 Å². The molecule has 2 aromatic rings. The summed E-state index contributed by atoms with van der Waals surface area (Å²) in [6.45, 7) is 6.17. The van der Waals surface area contributed by atoms with Gasteiger partial charge in [0.15, 0.2) is 0 Å². The van der Waals surface area contributed by atoms with Crippen LogP contribution in [0, 0.1) is 0 Å². The lowest BCUT2D eigenvalue weighted by Gasteiger charge is -2.24. The van der Waals surface area contributed by atoms with Gasteiger partial charge in [-0.2, -0.15) is 11.3 Å². The van der Waals surface area contributed by atoms with Crippen molar-refractivity contribution in [2.24, 2.45) is 0 Å². The normalized spacial score (nSPS) is 11.6. The van der Waals surface area contributed by atoms with Gasteiger partial charge in [0.1, 0.15) is 5.01 Å². The summed E-state index contributed by atoms with van der Waals surface area (Å²) >= 11 is 4.95. The van der Waals surface area contributed by atoms with Crippen LogP contribution in [0.4, 0.5) is 0 Å². The lowest BCUT2D eigenvalue weighted by Crippen LogP contribution is -2.43. The lowest BCUT2D eigenvalue weighted by atomic mass is 10.0. The molecule has 0 aliphatic rings. The maximum absolute atomic E-state index is 11.9. The van der Waals surface area contributed by atoms with Gasteiger partial charge in [-0.1, -0.05) is 6.92 Å². The van der Waals surface area contributed by atoms with Crippen molar-refractivity contribution in [3.8, 4) is 10.6 Å². The van der Waals surface area contributed by atoms with Crippen LogP contribution in [0.5, 0.6) is 0 Å². The van der Waals surface area contributed by atoms with Crippen molar-refractivity contribution in [2.45, 2.75) is 38.5 Å². The summed E-state index contributed by atoms with van der Waals surface area (Å²) in [5, 5.41) is 10.3. The van der Waals surface area contributed by atoms with Gasteiger partial charge in [0, 0.05) is 27.6 Å². The Balaban J connectivity index is 1.78. The van der Waals surface area contributed by atoms with Crippen molar-refractivity contribution < 1.29 is 4.79 Å². The molecule has 1 N–H and O–H groups in total. The molecular formula is C15H20N2OS3. The minimum atomic E-state index is -0.121. The van der Waals surface area contributed by atoms with E-state index in [9.17, 15) is 4.79 Å². The first-order valence-corrected chi connectivity index (χ1v) is 9.83. The van der Waals surface area contributed by atoms with Crippen LogP contribution in [-0.4, -0.2) is 22.2 Å². The van der Waals surface area contributed by atoms with Crippen molar-refractivity contribution in [1.82, 2.24) is 10.3 Å². The quantitative estimate of drug-likeness (QED) is 0.812. The van der Waals surface area contributed by atoms with Crippen molar-refractivity contribution in [3.63, 3.8) is 0 Å². The van der Waals surface area contributed by atoms with Crippen LogP contribution in [0.2, 0.25) is 0 Å². The van der Waals surface area contributed by atoms with Gasteiger partial charge >= 0.3 is 0 Å². The topological polar surface area (TPSA) is 42.0 Å². The zero-order chi connectivity index (χ0) is 15.3. The number of nitrogens with zero attached hydrogens (tertiary/aromatic N) is 1. The molecule has 114 valence electrons. The molecule has 0 fully saturated rings. The van der Waals surface area contributed by atoms with Gasteiger partial charge in [-0.15, -0.1) is 23.1 Å². The molecule has 0 spiro atoms. The minimum absolute atomic E-state index is 0.0973. The summed E-state index contributed by atoms with van der Waals surface area (Å²) in [7, 11) is 0. The van der Waals surface area contributed by atoms with Gasteiger partial charge in [-0.05, 0) is 31.7 Å². The number of hydrogen-bond donors (Lipinski definition) is 1. The monoisotopic (exact) mass is 340 g/mol. The smallest absolute Gasteiger partial charge is 0.230 e. The maximum atomic E-state index is 11.9. The number of hydrogen-bond acceptors (Lipinski definition) is 5. The van der Waals surface area contributed by atoms with Crippen molar-refractivity contribution in [1.29, 1.82) is 0 Å². The Morgan fingerprint density at radius 3 is 2.90 bits per heavy atom. The molecule has 0 radical (unpaired) electrons. The van der Waals surface area contributed by atoms with Crippen LogP contribution < -0.4 is 5.32 Å². The van der Waals surface area contributed by atoms with Gasteiger partial charge in [0.05, 0.1) is 11.4 Å². The fourth-order valence-electron chi connectivity index (χ4n) is 1.64. The van der Waals surface area contributed by atoms with Crippen molar-refractivity contribution in [2.75, 3.05) is 5.75 Å². The van der Waals surface area contributed by atoms with Gasteiger partial charge < -0.3 is 5.32 Å². The first-order chi connectivity index (χ1) is 10.00. The highest BCUT2D eigenvalue weighted by atomic mass is 32.2. The zero-order valence-electron chi connectivity index (χ0n) is 12.5. The molecule has 0 aliphatic heterocycles. The number of thiophene rings is 1. The second-order valence-corrected chi connectivity index (χ2v) is 8.06. The Hall–Kier alpha value is -0.850. The highest BCUT2D eigenvalue weighted by molar-refractivity contribution is 7.99. The average molecular weight is 341 g/mol. The zero-order valence-corrected chi connectivity index (χ0v) is 15.0. The van der Waals surface area contributed by atoms with E-state index in [0.29, 0.717) is 5.75 Å². The SMILES string of the molecule is CCC(C)(C)NC(=O)CSCc1csc(-c2ccsc2)n1. The van der Waals surface area contributed by atoms with E-state index in [1.54, 1.807) is 34.4 Å².